The van der Waals surface area contributed by atoms with Gasteiger partial charge in [0.15, 0.2) is 18.2 Å². The van der Waals surface area contributed by atoms with Crippen molar-refractivity contribution in [3.05, 3.63) is 53.6 Å². The first-order chi connectivity index (χ1) is 15.5. The third kappa shape index (κ3) is 6.20. The molecular formula is C21H21F5N2O4S. The van der Waals surface area contributed by atoms with Gasteiger partial charge in [-0.3, -0.25) is 4.79 Å². The van der Waals surface area contributed by atoms with Gasteiger partial charge in [-0.2, -0.15) is 17.5 Å². The molecule has 0 atom stereocenters. The Kier molecular flexibility index (Phi) is 7.58. The maximum absolute atomic E-state index is 14.0. The third-order valence-electron chi connectivity index (χ3n) is 4.99. The van der Waals surface area contributed by atoms with E-state index in [-0.39, 0.29) is 18.0 Å². The number of anilines is 1. The average molecular weight is 492 g/mol. The normalized spacial score (nSPS) is 15.7. The summed E-state index contributed by atoms with van der Waals surface area (Å²) in [4.78, 5) is 12.2. The van der Waals surface area contributed by atoms with Gasteiger partial charge in [-0.15, -0.1) is 0 Å². The molecule has 1 saturated heterocycles. The largest absolute Gasteiger partial charge is 0.482 e. The Hall–Kier alpha value is -2.73. The molecule has 1 fully saturated rings. The molecule has 0 radical (unpaired) electrons. The van der Waals surface area contributed by atoms with Gasteiger partial charge in [0.1, 0.15) is 5.75 Å². The SMILES string of the molecule is O=C(Nc1cc(S(=O)(=O)N2CCCCCC2)ccc1OCC(F)(F)F)c1cccc(F)c1F. The van der Waals surface area contributed by atoms with E-state index in [1.54, 1.807) is 0 Å². The van der Waals surface area contributed by atoms with Crippen molar-refractivity contribution in [3.8, 4) is 5.75 Å². The van der Waals surface area contributed by atoms with Gasteiger partial charge in [0.05, 0.1) is 16.1 Å². The number of rotatable bonds is 6. The van der Waals surface area contributed by atoms with Crippen LogP contribution in [0, 0.1) is 11.6 Å². The minimum absolute atomic E-state index is 0.279. The topological polar surface area (TPSA) is 75.7 Å². The first-order valence-corrected chi connectivity index (χ1v) is 11.5. The van der Waals surface area contributed by atoms with Crippen LogP contribution in [0.15, 0.2) is 41.3 Å². The maximum Gasteiger partial charge on any atom is 0.422 e. The first-order valence-electron chi connectivity index (χ1n) is 10.1. The summed E-state index contributed by atoms with van der Waals surface area (Å²) in [5, 5.41) is 2.14. The molecule has 3 rings (SSSR count). The third-order valence-corrected chi connectivity index (χ3v) is 6.88. The summed E-state index contributed by atoms with van der Waals surface area (Å²) in [6.07, 6.45) is -1.64. The minimum atomic E-state index is -4.70. The summed E-state index contributed by atoms with van der Waals surface area (Å²) < 4.78 is 97.5. The van der Waals surface area contributed by atoms with Gasteiger partial charge in [0.25, 0.3) is 5.91 Å². The highest BCUT2D eigenvalue weighted by Gasteiger charge is 2.30. The molecule has 2 aromatic carbocycles. The molecule has 180 valence electrons. The van der Waals surface area contributed by atoms with E-state index in [0.717, 1.165) is 49.2 Å². The first kappa shape index (κ1) is 24.9. The number of hydrogen-bond acceptors (Lipinski definition) is 4. The van der Waals surface area contributed by atoms with Gasteiger partial charge in [-0.1, -0.05) is 18.9 Å². The van der Waals surface area contributed by atoms with E-state index in [2.05, 4.69) is 5.32 Å². The number of nitrogens with one attached hydrogen (secondary N) is 1. The Morgan fingerprint density at radius 3 is 2.33 bits per heavy atom. The molecule has 0 saturated carbocycles. The molecule has 12 heteroatoms. The zero-order valence-electron chi connectivity index (χ0n) is 17.3. The van der Waals surface area contributed by atoms with Crippen LogP contribution in [0.4, 0.5) is 27.6 Å². The van der Waals surface area contributed by atoms with Crippen molar-refractivity contribution in [2.45, 2.75) is 36.8 Å². The lowest BCUT2D eigenvalue weighted by molar-refractivity contribution is -0.153. The second-order valence-electron chi connectivity index (χ2n) is 7.44. The van der Waals surface area contributed by atoms with Crippen LogP contribution in [0.3, 0.4) is 0 Å². The van der Waals surface area contributed by atoms with E-state index in [1.807, 2.05) is 0 Å². The second-order valence-corrected chi connectivity index (χ2v) is 9.37. The van der Waals surface area contributed by atoms with Crippen molar-refractivity contribution >= 4 is 21.6 Å². The summed E-state index contributed by atoms with van der Waals surface area (Å²) in [5.41, 5.74) is -1.14. The van der Waals surface area contributed by atoms with Crippen LogP contribution in [0.25, 0.3) is 0 Å². The molecule has 1 aliphatic rings. The van der Waals surface area contributed by atoms with Gasteiger partial charge in [-0.05, 0) is 43.2 Å². The Bertz CT molecular complexity index is 1110. The standard InChI is InChI=1S/C21H21F5N2O4S/c22-16-7-5-6-15(19(16)23)20(29)27-17-12-14(8-9-18(17)32-13-21(24,25)26)33(30,31)28-10-3-1-2-4-11-28/h5-9,12H,1-4,10-11,13H2,(H,27,29). The van der Waals surface area contributed by atoms with Crippen LogP contribution >= 0.6 is 0 Å². The smallest absolute Gasteiger partial charge is 0.422 e. The van der Waals surface area contributed by atoms with Crippen molar-refractivity contribution in [2.75, 3.05) is 25.0 Å². The van der Waals surface area contributed by atoms with Crippen LogP contribution in [0.5, 0.6) is 5.75 Å². The van der Waals surface area contributed by atoms with E-state index < -0.39 is 57.3 Å². The van der Waals surface area contributed by atoms with Gasteiger partial charge < -0.3 is 10.1 Å². The number of carbonyl (C=O) groups excluding carboxylic acids is 1. The molecule has 0 spiro atoms. The van der Waals surface area contributed by atoms with E-state index in [4.69, 9.17) is 4.74 Å². The highest BCUT2D eigenvalue weighted by molar-refractivity contribution is 7.89. The Balaban J connectivity index is 1.97. The highest BCUT2D eigenvalue weighted by atomic mass is 32.2. The zero-order valence-corrected chi connectivity index (χ0v) is 18.1. The Morgan fingerprint density at radius 2 is 1.70 bits per heavy atom. The summed E-state index contributed by atoms with van der Waals surface area (Å²) in [7, 11) is -4.01. The van der Waals surface area contributed by atoms with E-state index in [9.17, 15) is 35.2 Å². The van der Waals surface area contributed by atoms with Crippen molar-refractivity contribution in [1.29, 1.82) is 0 Å². The summed E-state index contributed by atoms with van der Waals surface area (Å²) in [5.74, 6) is -4.42. The Labute approximate surface area is 187 Å². The van der Waals surface area contributed by atoms with Crippen LogP contribution in [-0.2, 0) is 10.0 Å². The number of hydrogen-bond donors (Lipinski definition) is 1. The summed E-state index contributed by atoms with van der Waals surface area (Å²) in [6, 6.07) is 5.84. The molecule has 1 heterocycles. The molecule has 6 nitrogen and oxygen atoms in total. The number of benzene rings is 2. The lowest BCUT2D eigenvalue weighted by Gasteiger charge is -2.21. The second kappa shape index (κ2) is 10.0. The number of carbonyl (C=O) groups is 1. The van der Waals surface area contributed by atoms with Crippen LogP contribution in [0.2, 0.25) is 0 Å². The van der Waals surface area contributed by atoms with Gasteiger partial charge >= 0.3 is 6.18 Å². The fraction of sp³-hybridized carbons (Fsp3) is 0.381. The van der Waals surface area contributed by atoms with E-state index in [0.29, 0.717) is 12.8 Å². The molecule has 2 aromatic rings. The number of halogens is 5. The molecule has 33 heavy (non-hydrogen) atoms. The summed E-state index contributed by atoms with van der Waals surface area (Å²) >= 11 is 0. The van der Waals surface area contributed by atoms with E-state index >= 15 is 0 Å². The van der Waals surface area contributed by atoms with Crippen molar-refractivity contribution in [2.24, 2.45) is 0 Å². The number of nitrogens with zero attached hydrogens (tertiary/aromatic N) is 1. The monoisotopic (exact) mass is 492 g/mol. The van der Waals surface area contributed by atoms with Gasteiger partial charge in [0.2, 0.25) is 10.0 Å². The Morgan fingerprint density at radius 1 is 1.03 bits per heavy atom. The highest BCUT2D eigenvalue weighted by Crippen LogP contribution is 2.32. The fourth-order valence-electron chi connectivity index (χ4n) is 3.35. The fourth-order valence-corrected chi connectivity index (χ4v) is 4.90. The van der Waals surface area contributed by atoms with Crippen LogP contribution < -0.4 is 10.1 Å². The lowest BCUT2D eigenvalue weighted by Crippen LogP contribution is -2.32. The van der Waals surface area contributed by atoms with E-state index in [1.165, 1.54) is 4.31 Å². The molecule has 1 aliphatic heterocycles. The maximum atomic E-state index is 14.0. The van der Waals surface area contributed by atoms with Crippen LogP contribution in [-0.4, -0.2) is 44.5 Å². The van der Waals surface area contributed by atoms with Gasteiger partial charge in [0, 0.05) is 13.1 Å². The van der Waals surface area contributed by atoms with Crippen molar-refractivity contribution in [1.82, 2.24) is 4.31 Å². The minimum Gasteiger partial charge on any atom is -0.482 e. The number of sulfonamides is 1. The van der Waals surface area contributed by atoms with Crippen molar-refractivity contribution < 1.29 is 39.9 Å². The quantitative estimate of drug-likeness (QED) is 0.592. The molecule has 0 unspecified atom stereocenters. The predicted octanol–water partition coefficient (Wildman–Crippen LogP) is 4.72. The number of ether oxygens (including phenoxy) is 1. The van der Waals surface area contributed by atoms with Crippen LogP contribution in [0.1, 0.15) is 36.0 Å². The van der Waals surface area contributed by atoms with Crippen molar-refractivity contribution in [3.63, 3.8) is 0 Å². The molecule has 0 bridgehead atoms. The molecule has 0 aliphatic carbocycles. The summed E-state index contributed by atoms with van der Waals surface area (Å²) in [6.45, 7) is -1.14. The molecule has 1 N–H and O–H groups in total. The van der Waals surface area contributed by atoms with Gasteiger partial charge in [-0.25, -0.2) is 17.2 Å². The lowest BCUT2D eigenvalue weighted by atomic mass is 10.2. The predicted molar refractivity (Wildman–Crippen MR) is 110 cm³/mol. The zero-order chi connectivity index (χ0) is 24.2. The number of amides is 1. The average Bonchev–Trinajstić information content (AvgIpc) is 3.04. The molecular weight excluding hydrogens is 471 g/mol. The molecule has 0 aromatic heterocycles. The molecule has 1 amide bonds. The number of alkyl halides is 3.